The van der Waals surface area contributed by atoms with Crippen molar-refractivity contribution in [2.24, 2.45) is 0 Å². The molecule has 0 saturated heterocycles. The Balaban J connectivity index is 1.72. The summed E-state index contributed by atoms with van der Waals surface area (Å²) in [6, 6.07) is 18.9. The van der Waals surface area contributed by atoms with E-state index in [1.165, 1.54) is 17.0 Å². The van der Waals surface area contributed by atoms with Crippen LogP contribution in [0, 0.1) is 5.82 Å². The molecule has 8 heteroatoms. The SMILES string of the molecule is C[C@H](C(=O)NCc1ccccc1Cl)N(Cc1ccc(F)cc1)C(=O)COc1ccccc1Cl. The standard InChI is InChI=1S/C25H23Cl2FN2O3/c1-17(25(32)29-14-19-6-2-3-7-21(19)26)30(15-18-10-12-20(28)13-11-18)24(31)16-33-23-9-5-4-8-22(23)27/h2-13,17H,14-16H2,1H3,(H,29,32)/t17-/m1/s1. The molecule has 2 amide bonds. The van der Waals surface area contributed by atoms with Gasteiger partial charge < -0.3 is 15.0 Å². The third-order valence-electron chi connectivity index (χ3n) is 5.03. The number of benzene rings is 3. The van der Waals surface area contributed by atoms with Gasteiger partial charge in [0.2, 0.25) is 5.91 Å². The molecule has 0 aliphatic carbocycles. The maximum Gasteiger partial charge on any atom is 0.261 e. The Hall–Kier alpha value is -3.09. The third-order valence-corrected chi connectivity index (χ3v) is 5.71. The van der Waals surface area contributed by atoms with Gasteiger partial charge in [-0.1, -0.05) is 65.7 Å². The van der Waals surface area contributed by atoms with Gasteiger partial charge in [0.15, 0.2) is 6.61 Å². The Morgan fingerprint density at radius 1 is 0.970 bits per heavy atom. The fourth-order valence-corrected chi connectivity index (χ4v) is 3.52. The second kappa shape index (κ2) is 11.7. The first-order valence-corrected chi connectivity index (χ1v) is 11.0. The summed E-state index contributed by atoms with van der Waals surface area (Å²) < 4.78 is 18.9. The molecule has 0 aromatic heterocycles. The molecule has 1 N–H and O–H groups in total. The average Bonchev–Trinajstić information content (AvgIpc) is 2.82. The predicted octanol–water partition coefficient (Wildman–Crippen LogP) is 5.25. The number of halogens is 3. The van der Waals surface area contributed by atoms with Crippen LogP contribution in [0.25, 0.3) is 0 Å². The van der Waals surface area contributed by atoms with Crippen molar-refractivity contribution in [3.05, 3.63) is 99.8 Å². The van der Waals surface area contributed by atoms with Gasteiger partial charge in [0.1, 0.15) is 17.6 Å². The van der Waals surface area contributed by atoms with E-state index >= 15 is 0 Å². The van der Waals surface area contributed by atoms with E-state index in [9.17, 15) is 14.0 Å². The van der Waals surface area contributed by atoms with Crippen LogP contribution in [0.5, 0.6) is 5.75 Å². The van der Waals surface area contributed by atoms with Crippen LogP contribution in [-0.4, -0.2) is 29.4 Å². The zero-order chi connectivity index (χ0) is 23.8. The second-order valence-electron chi connectivity index (χ2n) is 7.35. The quantitative estimate of drug-likeness (QED) is 0.447. The fraction of sp³-hybridized carbons (Fsp3) is 0.200. The van der Waals surface area contributed by atoms with E-state index < -0.39 is 11.9 Å². The number of carbonyl (C=O) groups excluding carboxylic acids is 2. The minimum atomic E-state index is -0.820. The first-order chi connectivity index (χ1) is 15.8. The molecule has 172 valence electrons. The Bertz CT molecular complexity index is 1110. The topological polar surface area (TPSA) is 58.6 Å². The molecule has 0 heterocycles. The van der Waals surface area contributed by atoms with Crippen LogP contribution in [0.3, 0.4) is 0 Å². The molecule has 0 aliphatic rings. The Morgan fingerprint density at radius 3 is 2.27 bits per heavy atom. The van der Waals surface area contributed by atoms with E-state index in [1.807, 2.05) is 12.1 Å². The van der Waals surface area contributed by atoms with Crippen LogP contribution in [-0.2, 0) is 22.7 Å². The van der Waals surface area contributed by atoms with Gasteiger partial charge >= 0.3 is 0 Å². The van der Waals surface area contributed by atoms with E-state index in [1.54, 1.807) is 55.5 Å². The monoisotopic (exact) mass is 488 g/mol. The molecule has 0 saturated carbocycles. The predicted molar refractivity (Wildman–Crippen MR) is 127 cm³/mol. The summed E-state index contributed by atoms with van der Waals surface area (Å²) in [6.45, 7) is 1.63. The number of nitrogens with zero attached hydrogens (tertiary/aromatic N) is 1. The van der Waals surface area contributed by atoms with Crippen LogP contribution in [0.1, 0.15) is 18.1 Å². The highest BCUT2D eigenvalue weighted by atomic mass is 35.5. The third kappa shape index (κ3) is 6.94. The fourth-order valence-electron chi connectivity index (χ4n) is 3.13. The minimum Gasteiger partial charge on any atom is -0.482 e. The molecule has 5 nitrogen and oxygen atoms in total. The van der Waals surface area contributed by atoms with Gasteiger partial charge in [-0.3, -0.25) is 9.59 Å². The number of hydrogen-bond donors (Lipinski definition) is 1. The minimum absolute atomic E-state index is 0.103. The zero-order valence-corrected chi connectivity index (χ0v) is 19.4. The molecule has 0 fully saturated rings. The lowest BCUT2D eigenvalue weighted by Gasteiger charge is -2.29. The largest absolute Gasteiger partial charge is 0.482 e. The molecule has 0 bridgehead atoms. The number of rotatable bonds is 9. The van der Waals surface area contributed by atoms with Crippen molar-refractivity contribution in [3.8, 4) is 5.75 Å². The lowest BCUT2D eigenvalue weighted by Crippen LogP contribution is -2.48. The van der Waals surface area contributed by atoms with Gasteiger partial charge in [0.25, 0.3) is 5.91 Å². The number of hydrogen-bond acceptors (Lipinski definition) is 3. The number of para-hydroxylation sites is 1. The number of nitrogens with one attached hydrogen (secondary N) is 1. The first kappa shape index (κ1) is 24.6. The molecule has 3 rings (SSSR count). The van der Waals surface area contributed by atoms with Gasteiger partial charge in [0, 0.05) is 18.1 Å². The Morgan fingerprint density at radius 2 is 1.61 bits per heavy atom. The molecule has 0 unspecified atom stereocenters. The summed E-state index contributed by atoms with van der Waals surface area (Å²) in [5.41, 5.74) is 1.44. The van der Waals surface area contributed by atoms with Gasteiger partial charge in [-0.2, -0.15) is 0 Å². The summed E-state index contributed by atoms with van der Waals surface area (Å²) in [4.78, 5) is 27.3. The molecule has 0 aliphatic heterocycles. The highest BCUT2D eigenvalue weighted by Crippen LogP contribution is 2.23. The highest BCUT2D eigenvalue weighted by Gasteiger charge is 2.26. The van der Waals surface area contributed by atoms with Crippen LogP contribution in [0.15, 0.2) is 72.8 Å². The van der Waals surface area contributed by atoms with Gasteiger partial charge in [-0.25, -0.2) is 4.39 Å². The van der Waals surface area contributed by atoms with E-state index in [-0.39, 0.29) is 31.4 Å². The molecule has 0 radical (unpaired) electrons. The summed E-state index contributed by atoms with van der Waals surface area (Å²) in [5, 5.41) is 3.73. The number of amides is 2. The highest BCUT2D eigenvalue weighted by molar-refractivity contribution is 6.32. The van der Waals surface area contributed by atoms with E-state index in [4.69, 9.17) is 27.9 Å². The summed E-state index contributed by atoms with van der Waals surface area (Å²) in [6.07, 6.45) is 0. The van der Waals surface area contributed by atoms with Crippen LogP contribution < -0.4 is 10.1 Å². The van der Waals surface area contributed by atoms with Crippen LogP contribution in [0.4, 0.5) is 4.39 Å². The maximum absolute atomic E-state index is 13.3. The van der Waals surface area contributed by atoms with E-state index in [2.05, 4.69) is 5.32 Å². The molecular formula is C25H23Cl2FN2O3. The molecule has 33 heavy (non-hydrogen) atoms. The molecule has 1 atom stereocenters. The normalized spacial score (nSPS) is 11.5. The zero-order valence-electron chi connectivity index (χ0n) is 17.9. The Kier molecular flexibility index (Phi) is 8.69. The van der Waals surface area contributed by atoms with E-state index in [0.29, 0.717) is 21.4 Å². The van der Waals surface area contributed by atoms with Crippen molar-refractivity contribution in [2.75, 3.05) is 6.61 Å². The molecule has 0 spiro atoms. The lowest BCUT2D eigenvalue weighted by atomic mass is 10.1. The molecular weight excluding hydrogens is 466 g/mol. The number of ether oxygens (including phenoxy) is 1. The van der Waals surface area contributed by atoms with Crippen molar-refractivity contribution < 1.29 is 18.7 Å². The van der Waals surface area contributed by atoms with Gasteiger partial charge in [-0.15, -0.1) is 0 Å². The lowest BCUT2D eigenvalue weighted by molar-refractivity contribution is -0.142. The average molecular weight is 489 g/mol. The number of carbonyl (C=O) groups is 2. The summed E-state index contributed by atoms with van der Waals surface area (Å²) >= 11 is 12.3. The molecule has 3 aromatic carbocycles. The second-order valence-corrected chi connectivity index (χ2v) is 8.17. The van der Waals surface area contributed by atoms with Gasteiger partial charge in [-0.05, 0) is 48.4 Å². The smallest absolute Gasteiger partial charge is 0.261 e. The van der Waals surface area contributed by atoms with Gasteiger partial charge in [0.05, 0.1) is 5.02 Å². The summed E-state index contributed by atoms with van der Waals surface area (Å²) in [5.74, 6) is -0.794. The molecule has 3 aromatic rings. The van der Waals surface area contributed by atoms with Crippen molar-refractivity contribution in [1.29, 1.82) is 0 Å². The van der Waals surface area contributed by atoms with Crippen molar-refractivity contribution >= 4 is 35.0 Å². The first-order valence-electron chi connectivity index (χ1n) is 10.3. The Labute approximate surface area is 202 Å². The van der Waals surface area contributed by atoms with Crippen LogP contribution >= 0.6 is 23.2 Å². The van der Waals surface area contributed by atoms with Crippen molar-refractivity contribution in [1.82, 2.24) is 10.2 Å². The van der Waals surface area contributed by atoms with Crippen LogP contribution in [0.2, 0.25) is 10.0 Å². The maximum atomic E-state index is 13.3. The summed E-state index contributed by atoms with van der Waals surface area (Å²) in [7, 11) is 0. The van der Waals surface area contributed by atoms with E-state index in [0.717, 1.165) is 5.56 Å². The van der Waals surface area contributed by atoms with Crippen molar-refractivity contribution in [3.63, 3.8) is 0 Å². The van der Waals surface area contributed by atoms with Crippen molar-refractivity contribution in [2.45, 2.75) is 26.1 Å².